The first-order valence-corrected chi connectivity index (χ1v) is 7.41. The van der Waals surface area contributed by atoms with Gasteiger partial charge in [0.25, 0.3) is 0 Å². The predicted molar refractivity (Wildman–Crippen MR) is 82.2 cm³/mol. The molecule has 2 unspecified atom stereocenters. The predicted octanol–water partition coefficient (Wildman–Crippen LogP) is 4.01. The van der Waals surface area contributed by atoms with Crippen LogP contribution in [0.5, 0.6) is 0 Å². The van der Waals surface area contributed by atoms with Gasteiger partial charge in [-0.2, -0.15) is 18.4 Å². The van der Waals surface area contributed by atoms with E-state index in [1.54, 1.807) is 11.1 Å². The third-order valence-electron chi connectivity index (χ3n) is 3.76. The van der Waals surface area contributed by atoms with E-state index >= 15 is 0 Å². The Bertz CT molecular complexity index is 543. The van der Waals surface area contributed by atoms with Crippen LogP contribution in [0.15, 0.2) is 36.1 Å². The summed E-state index contributed by atoms with van der Waals surface area (Å²) in [7, 11) is 0. The van der Waals surface area contributed by atoms with Crippen LogP contribution in [0.4, 0.5) is 13.2 Å². The monoisotopic (exact) mass is 326 g/mol. The number of alkyl halides is 3. The summed E-state index contributed by atoms with van der Waals surface area (Å²) in [5.74, 6) is -0.0960. The maximum Gasteiger partial charge on any atom is 0.389 e. The zero-order valence-corrected chi connectivity index (χ0v) is 13.3. The zero-order chi connectivity index (χ0) is 17.5. The molecule has 0 radical (unpaired) electrons. The van der Waals surface area contributed by atoms with Gasteiger partial charge in [-0.25, -0.2) is 0 Å². The van der Waals surface area contributed by atoms with Gasteiger partial charge in [-0.1, -0.05) is 31.2 Å². The first kappa shape index (κ1) is 19.0. The van der Waals surface area contributed by atoms with Crippen LogP contribution in [0.1, 0.15) is 26.7 Å². The van der Waals surface area contributed by atoms with E-state index in [2.05, 4.69) is 0 Å². The molecule has 126 valence electrons. The number of nitriles is 1. The average Bonchev–Trinajstić information content (AvgIpc) is 2.56. The molecule has 23 heavy (non-hydrogen) atoms. The van der Waals surface area contributed by atoms with Crippen molar-refractivity contribution in [1.82, 2.24) is 4.90 Å². The molecule has 1 heterocycles. The summed E-state index contributed by atoms with van der Waals surface area (Å²) in [6.45, 7) is 3.94. The first-order valence-electron chi connectivity index (χ1n) is 7.41. The van der Waals surface area contributed by atoms with E-state index in [4.69, 9.17) is 0 Å². The highest BCUT2D eigenvalue weighted by Gasteiger charge is 2.34. The zero-order valence-electron chi connectivity index (χ0n) is 13.3. The summed E-state index contributed by atoms with van der Waals surface area (Å²) in [4.78, 5) is 12.9. The van der Waals surface area contributed by atoms with Crippen LogP contribution in [0, 0.1) is 22.7 Å². The van der Waals surface area contributed by atoms with Crippen LogP contribution in [-0.4, -0.2) is 30.5 Å². The van der Waals surface area contributed by atoms with Crippen LogP contribution in [0.3, 0.4) is 0 Å². The second-order valence-electron chi connectivity index (χ2n) is 6.07. The number of rotatable bonds is 5. The van der Waals surface area contributed by atoms with E-state index in [-0.39, 0.29) is 18.9 Å². The maximum absolute atomic E-state index is 12.4. The van der Waals surface area contributed by atoms with Gasteiger partial charge in [-0.3, -0.25) is 4.79 Å². The number of hydrogen-bond donors (Lipinski definition) is 0. The molecule has 0 saturated carbocycles. The third kappa shape index (κ3) is 6.72. The molecule has 0 aromatic carbocycles. The average molecular weight is 326 g/mol. The van der Waals surface area contributed by atoms with Gasteiger partial charge in [0.1, 0.15) is 6.29 Å². The van der Waals surface area contributed by atoms with E-state index in [1.807, 2.05) is 37.3 Å². The largest absolute Gasteiger partial charge is 0.389 e. The van der Waals surface area contributed by atoms with Crippen molar-refractivity contribution >= 4 is 6.29 Å². The van der Waals surface area contributed by atoms with Gasteiger partial charge in [-0.15, -0.1) is 0 Å². The lowest BCUT2D eigenvalue weighted by molar-refractivity contribution is -0.139. The summed E-state index contributed by atoms with van der Waals surface area (Å²) < 4.78 is 37.3. The van der Waals surface area contributed by atoms with E-state index in [0.717, 1.165) is 6.29 Å². The fourth-order valence-electron chi connectivity index (χ4n) is 2.28. The van der Waals surface area contributed by atoms with E-state index in [0.29, 0.717) is 12.1 Å². The Labute approximate surface area is 134 Å². The molecule has 1 aliphatic heterocycles. The second-order valence-corrected chi connectivity index (χ2v) is 6.07. The lowest BCUT2D eigenvalue weighted by atomic mass is 9.86. The number of nitrogens with zero attached hydrogens (tertiary/aromatic N) is 2. The van der Waals surface area contributed by atoms with Crippen molar-refractivity contribution in [2.45, 2.75) is 32.9 Å². The van der Waals surface area contributed by atoms with E-state index in [9.17, 15) is 23.2 Å². The number of hydrogen-bond acceptors (Lipinski definition) is 3. The van der Waals surface area contributed by atoms with Crippen molar-refractivity contribution in [2.24, 2.45) is 11.3 Å². The lowest BCUT2D eigenvalue weighted by Gasteiger charge is -2.30. The molecule has 0 amide bonds. The van der Waals surface area contributed by atoms with E-state index < -0.39 is 18.0 Å². The van der Waals surface area contributed by atoms with Crippen molar-refractivity contribution in [1.29, 1.82) is 5.26 Å². The Morgan fingerprint density at radius 1 is 1.39 bits per heavy atom. The van der Waals surface area contributed by atoms with Gasteiger partial charge in [0.05, 0.1) is 11.5 Å². The van der Waals surface area contributed by atoms with Gasteiger partial charge in [-0.05, 0) is 13.3 Å². The molecule has 0 spiro atoms. The number of aldehydes is 1. The van der Waals surface area contributed by atoms with Crippen molar-refractivity contribution < 1.29 is 18.0 Å². The summed E-state index contributed by atoms with van der Waals surface area (Å²) in [5, 5.41) is 9.30. The smallest absolute Gasteiger partial charge is 0.372 e. The van der Waals surface area contributed by atoms with Gasteiger partial charge in [0.15, 0.2) is 0 Å². The molecule has 1 aliphatic rings. The minimum Gasteiger partial charge on any atom is -0.372 e. The number of carbonyl (C=O) groups is 1. The summed E-state index contributed by atoms with van der Waals surface area (Å²) >= 11 is 0. The highest BCUT2D eigenvalue weighted by molar-refractivity contribution is 5.74. The lowest BCUT2D eigenvalue weighted by Crippen LogP contribution is -2.33. The van der Waals surface area contributed by atoms with Gasteiger partial charge in [0, 0.05) is 37.2 Å². The molecule has 0 aromatic heterocycles. The Hall–Kier alpha value is -2.03. The molecule has 0 N–H and O–H groups in total. The molecular formula is C17H21F3N2O. The number of carbonyl (C=O) groups excluding carboxylic acids is 1. The fraction of sp³-hybridized carbons (Fsp3) is 0.529. The van der Waals surface area contributed by atoms with Gasteiger partial charge >= 0.3 is 6.18 Å². The topological polar surface area (TPSA) is 44.1 Å². The Kier molecular flexibility index (Phi) is 6.62. The van der Waals surface area contributed by atoms with Crippen molar-refractivity contribution in [3.05, 3.63) is 36.1 Å². The third-order valence-corrected chi connectivity index (χ3v) is 3.76. The first-order chi connectivity index (χ1) is 10.7. The molecule has 0 fully saturated rings. The summed E-state index contributed by atoms with van der Waals surface area (Å²) in [6, 6.07) is 2.00. The minimum absolute atomic E-state index is 0.0960. The molecule has 0 aliphatic carbocycles. The van der Waals surface area contributed by atoms with Crippen LogP contribution in [0.2, 0.25) is 0 Å². The SMILES string of the molecule is CC1/C=C\C=C/CN(CC(C)(C#N)CCC(F)(F)F)/C=C\1C=O. The molecule has 0 aromatic rings. The Morgan fingerprint density at radius 3 is 2.65 bits per heavy atom. The molecule has 0 bridgehead atoms. The van der Waals surface area contributed by atoms with Crippen molar-refractivity contribution in [3.8, 4) is 6.07 Å². The number of allylic oxidation sites excluding steroid dienone is 4. The van der Waals surface area contributed by atoms with Crippen LogP contribution < -0.4 is 0 Å². The minimum atomic E-state index is -4.28. The quantitative estimate of drug-likeness (QED) is 0.717. The molecule has 2 atom stereocenters. The van der Waals surface area contributed by atoms with Crippen LogP contribution >= 0.6 is 0 Å². The van der Waals surface area contributed by atoms with Crippen LogP contribution in [-0.2, 0) is 4.79 Å². The van der Waals surface area contributed by atoms with Crippen molar-refractivity contribution in [3.63, 3.8) is 0 Å². The standard InChI is InChI=1S/C17H21F3N2O/c1-14-6-4-3-5-9-22(10-15(14)11-23)13-16(2,12-21)7-8-17(18,19)20/h3-6,10-11,14H,7-9,13H2,1-2H3/b5-3-,6-4-,15-10-. The van der Waals surface area contributed by atoms with Gasteiger partial charge in [0.2, 0.25) is 0 Å². The Morgan fingerprint density at radius 2 is 2.09 bits per heavy atom. The Balaban J connectivity index is 2.93. The number of halogens is 3. The molecule has 3 nitrogen and oxygen atoms in total. The molecule has 0 saturated heterocycles. The van der Waals surface area contributed by atoms with Gasteiger partial charge < -0.3 is 4.90 Å². The highest BCUT2D eigenvalue weighted by atomic mass is 19.4. The summed E-state index contributed by atoms with van der Waals surface area (Å²) in [6.07, 6.45) is 4.20. The molecule has 1 rings (SSSR count). The maximum atomic E-state index is 12.4. The van der Waals surface area contributed by atoms with Crippen LogP contribution in [0.25, 0.3) is 0 Å². The fourth-order valence-corrected chi connectivity index (χ4v) is 2.28. The molecular weight excluding hydrogens is 305 g/mol. The highest BCUT2D eigenvalue weighted by Crippen LogP contribution is 2.31. The summed E-state index contributed by atoms with van der Waals surface area (Å²) in [5.41, 5.74) is -0.612. The van der Waals surface area contributed by atoms with Crippen molar-refractivity contribution in [2.75, 3.05) is 13.1 Å². The molecule has 6 heteroatoms. The van der Waals surface area contributed by atoms with E-state index in [1.165, 1.54) is 6.92 Å². The normalized spacial score (nSPS) is 26.5. The second kappa shape index (κ2) is 8.00.